The van der Waals surface area contributed by atoms with Crippen LogP contribution in [0.25, 0.3) is 22.3 Å². The fourth-order valence-corrected chi connectivity index (χ4v) is 2.97. The second kappa shape index (κ2) is 5.57. The summed E-state index contributed by atoms with van der Waals surface area (Å²) >= 11 is 0. The summed E-state index contributed by atoms with van der Waals surface area (Å²) in [5.74, 6) is 0. The lowest BCUT2D eigenvalue weighted by Gasteiger charge is -2.15. The fraction of sp³-hybridized carbons (Fsp3) is 0.143. The molecule has 0 saturated carbocycles. The lowest BCUT2D eigenvalue weighted by molar-refractivity contribution is 1.38. The van der Waals surface area contributed by atoms with Crippen molar-refractivity contribution in [2.75, 3.05) is 0 Å². The predicted octanol–water partition coefficient (Wildman–Crippen LogP) is 5.95. The third-order valence-electron chi connectivity index (χ3n) is 4.20. The van der Waals surface area contributed by atoms with Crippen LogP contribution in [0.2, 0.25) is 0 Å². The molecule has 0 heteroatoms. The van der Waals surface area contributed by atoms with Crippen LogP contribution in [0.4, 0.5) is 0 Å². The highest BCUT2D eigenvalue weighted by Crippen LogP contribution is 2.34. The van der Waals surface area contributed by atoms with E-state index in [9.17, 15) is 0 Å². The second-order valence-electron chi connectivity index (χ2n) is 5.61. The molecule has 3 aromatic rings. The molecule has 0 amide bonds. The van der Waals surface area contributed by atoms with Gasteiger partial charge in [-0.3, -0.25) is 0 Å². The van der Waals surface area contributed by atoms with Gasteiger partial charge in [-0.1, -0.05) is 66.7 Å². The average molecular weight is 272 g/mol. The van der Waals surface area contributed by atoms with E-state index in [4.69, 9.17) is 0 Å². The monoisotopic (exact) mass is 272 g/mol. The predicted molar refractivity (Wildman–Crippen MR) is 91.5 cm³/mol. The molecule has 0 aliphatic rings. The Labute approximate surface area is 127 Å². The van der Waals surface area contributed by atoms with Gasteiger partial charge in [0.15, 0.2) is 0 Å². The molecular formula is C21H20. The van der Waals surface area contributed by atoms with E-state index in [2.05, 4.69) is 87.5 Å². The van der Waals surface area contributed by atoms with Crippen LogP contribution in [0.1, 0.15) is 16.7 Å². The third-order valence-corrected chi connectivity index (χ3v) is 4.20. The smallest absolute Gasteiger partial charge is 0.0146 e. The van der Waals surface area contributed by atoms with Gasteiger partial charge < -0.3 is 0 Å². The fourth-order valence-electron chi connectivity index (χ4n) is 2.97. The van der Waals surface area contributed by atoms with Crippen molar-refractivity contribution in [1.82, 2.24) is 0 Å². The van der Waals surface area contributed by atoms with Gasteiger partial charge in [0, 0.05) is 0 Å². The van der Waals surface area contributed by atoms with Crippen molar-refractivity contribution in [2.45, 2.75) is 20.8 Å². The van der Waals surface area contributed by atoms with Crippen LogP contribution >= 0.6 is 0 Å². The summed E-state index contributed by atoms with van der Waals surface area (Å²) in [6.07, 6.45) is 0. The summed E-state index contributed by atoms with van der Waals surface area (Å²) in [5.41, 5.74) is 9.30. The maximum atomic E-state index is 2.23. The molecule has 0 bridgehead atoms. The zero-order chi connectivity index (χ0) is 14.8. The minimum Gasteiger partial charge on any atom is -0.0620 e. The van der Waals surface area contributed by atoms with Gasteiger partial charge in [0.05, 0.1) is 0 Å². The van der Waals surface area contributed by atoms with Crippen molar-refractivity contribution >= 4 is 0 Å². The SMILES string of the molecule is Cc1ccccc1-c1cccc(-c2ccccc2C)c1C. The molecular weight excluding hydrogens is 252 g/mol. The maximum absolute atomic E-state index is 2.23. The van der Waals surface area contributed by atoms with Crippen LogP contribution in [-0.4, -0.2) is 0 Å². The van der Waals surface area contributed by atoms with Crippen LogP contribution < -0.4 is 0 Å². The molecule has 3 aromatic carbocycles. The van der Waals surface area contributed by atoms with Gasteiger partial charge in [-0.05, 0) is 59.7 Å². The molecule has 0 spiro atoms. The van der Waals surface area contributed by atoms with E-state index in [1.165, 1.54) is 38.9 Å². The summed E-state index contributed by atoms with van der Waals surface area (Å²) in [5, 5.41) is 0. The first-order valence-corrected chi connectivity index (χ1v) is 7.40. The first-order valence-electron chi connectivity index (χ1n) is 7.40. The lowest BCUT2D eigenvalue weighted by atomic mass is 9.89. The highest BCUT2D eigenvalue weighted by atomic mass is 14.1. The van der Waals surface area contributed by atoms with Crippen molar-refractivity contribution < 1.29 is 0 Å². The van der Waals surface area contributed by atoms with Crippen molar-refractivity contribution in [3.63, 3.8) is 0 Å². The number of rotatable bonds is 2. The van der Waals surface area contributed by atoms with E-state index < -0.39 is 0 Å². The summed E-state index contributed by atoms with van der Waals surface area (Å²) < 4.78 is 0. The van der Waals surface area contributed by atoms with E-state index in [-0.39, 0.29) is 0 Å². The van der Waals surface area contributed by atoms with Crippen LogP contribution in [0.5, 0.6) is 0 Å². The molecule has 0 aliphatic heterocycles. The Kier molecular flexibility index (Phi) is 3.62. The Hall–Kier alpha value is -2.34. The highest BCUT2D eigenvalue weighted by Gasteiger charge is 2.10. The molecule has 0 aromatic heterocycles. The van der Waals surface area contributed by atoms with Gasteiger partial charge in [0.1, 0.15) is 0 Å². The van der Waals surface area contributed by atoms with Crippen LogP contribution in [-0.2, 0) is 0 Å². The molecule has 3 rings (SSSR count). The van der Waals surface area contributed by atoms with E-state index in [0.29, 0.717) is 0 Å². The standard InChI is InChI=1S/C21H20/c1-15-9-4-6-11-18(15)20-13-8-14-21(17(20)3)19-12-7-5-10-16(19)2/h4-14H,1-3H3. The molecule has 0 nitrogen and oxygen atoms in total. The van der Waals surface area contributed by atoms with Crippen molar-refractivity contribution in [3.05, 3.63) is 83.4 Å². The number of hydrogen-bond donors (Lipinski definition) is 0. The molecule has 0 saturated heterocycles. The summed E-state index contributed by atoms with van der Waals surface area (Å²) in [6.45, 7) is 6.58. The van der Waals surface area contributed by atoms with Crippen molar-refractivity contribution in [3.8, 4) is 22.3 Å². The Morgan fingerprint density at radius 2 is 0.810 bits per heavy atom. The minimum absolute atomic E-state index is 1.32. The maximum Gasteiger partial charge on any atom is -0.0146 e. The summed E-state index contributed by atoms with van der Waals surface area (Å²) in [4.78, 5) is 0. The Morgan fingerprint density at radius 3 is 1.24 bits per heavy atom. The second-order valence-corrected chi connectivity index (χ2v) is 5.61. The van der Waals surface area contributed by atoms with Gasteiger partial charge >= 0.3 is 0 Å². The molecule has 0 atom stereocenters. The molecule has 0 radical (unpaired) electrons. The van der Waals surface area contributed by atoms with Crippen LogP contribution in [0.3, 0.4) is 0 Å². The van der Waals surface area contributed by atoms with Gasteiger partial charge in [-0.2, -0.15) is 0 Å². The van der Waals surface area contributed by atoms with Gasteiger partial charge in [-0.25, -0.2) is 0 Å². The largest absolute Gasteiger partial charge is 0.0620 e. The number of aryl methyl sites for hydroxylation is 2. The minimum atomic E-state index is 1.32. The van der Waals surface area contributed by atoms with Gasteiger partial charge in [0.2, 0.25) is 0 Å². The molecule has 0 unspecified atom stereocenters. The van der Waals surface area contributed by atoms with E-state index in [1.54, 1.807) is 0 Å². The van der Waals surface area contributed by atoms with Crippen LogP contribution in [0.15, 0.2) is 66.7 Å². The van der Waals surface area contributed by atoms with E-state index >= 15 is 0 Å². The topological polar surface area (TPSA) is 0 Å². The molecule has 0 aliphatic carbocycles. The summed E-state index contributed by atoms with van der Waals surface area (Å²) in [7, 11) is 0. The quantitative estimate of drug-likeness (QED) is 0.541. The third kappa shape index (κ3) is 2.50. The Balaban J connectivity index is 2.21. The van der Waals surface area contributed by atoms with E-state index in [0.717, 1.165) is 0 Å². The molecule has 104 valence electrons. The summed E-state index contributed by atoms with van der Waals surface area (Å²) in [6, 6.07) is 23.8. The zero-order valence-electron chi connectivity index (χ0n) is 12.9. The average Bonchev–Trinajstić information content (AvgIpc) is 2.49. The van der Waals surface area contributed by atoms with Gasteiger partial charge in [0.25, 0.3) is 0 Å². The first kappa shape index (κ1) is 13.6. The highest BCUT2D eigenvalue weighted by molar-refractivity contribution is 5.80. The normalized spacial score (nSPS) is 10.6. The molecule has 0 N–H and O–H groups in total. The molecule has 0 heterocycles. The lowest BCUT2D eigenvalue weighted by Crippen LogP contribution is -1.91. The van der Waals surface area contributed by atoms with E-state index in [1.807, 2.05) is 0 Å². The Bertz CT molecular complexity index is 718. The first-order chi connectivity index (χ1) is 10.2. The zero-order valence-corrected chi connectivity index (χ0v) is 12.9. The van der Waals surface area contributed by atoms with Gasteiger partial charge in [-0.15, -0.1) is 0 Å². The van der Waals surface area contributed by atoms with Crippen molar-refractivity contribution in [2.24, 2.45) is 0 Å². The van der Waals surface area contributed by atoms with Crippen molar-refractivity contribution in [1.29, 1.82) is 0 Å². The van der Waals surface area contributed by atoms with Crippen LogP contribution in [0, 0.1) is 20.8 Å². The molecule has 0 fully saturated rings. The molecule has 21 heavy (non-hydrogen) atoms. The number of hydrogen-bond acceptors (Lipinski definition) is 0. The number of benzene rings is 3. The Morgan fingerprint density at radius 1 is 0.429 bits per heavy atom.